The number of thiophene rings is 1. The van der Waals surface area contributed by atoms with Crippen LogP contribution in [0, 0.1) is 0 Å². The second-order valence-electron chi connectivity index (χ2n) is 4.57. The van der Waals surface area contributed by atoms with E-state index in [1.807, 2.05) is 12.1 Å². The first kappa shape index (κ1) is 16.5. The van der Waals surface area contributed by atoms with E-state index in [-0.39, 0.29) is 6.01 Å². The van der Waals surface area contributed by atoms with Crippen LogP contribution in [0.4, 0.5) is 6.01 Å². The summed E-state index contributed by atoms with van der Waals surface area (Å²) >= 11 is 4.82. The molecule has 0 aliphatic heterocycles. The predicted molar refractivity (Wildman–Crippen MR) is 92.8 cm³/mol. The smallest absolute Gasteiger partial charge is 0.322 e. The van der Waals surface area contributed by atoms with Crippen molar-refractivity contribution in [3.63, 3.8) is 0 Å². The fourth-order valence-corrected chi connectivity index (χ4v) is 3.22. The number of nitrogens with zero attached hydrogens (tertiary/aromatic N) is 2. The van der Waals surface area contributed by atoms with Gasteiger partial charge in [0.15, 0.2) is 0 Å². The fraction of sp³-hybridized carbons (Fsp3) is 0.133. The summed E-state index contributed by atoms with van der Waals surface area (Å²) in [6.45, 7) is 0. The van der Waals surface area contributed by atoms with Crippen LogP contribution in [0.3, 0.4) is 0 Å². The third kappa shape index (κ3) is 3.57. The maximum Gasteiger partial charge on any atom is 0.322 e. The van der Waals surface area contributed by atoms with E-state index in [0.717, 1.165) is 8.66 Å². The number of hydrogen-bond donors (Lipinski definition) is 1. The molecule has 3 rings (SSSR count). The van der Waals surface area contributed by atoms with Gasteiger partial charge in [0.05, 0.1) is 22.9 Å². The molecule has 7 nitrogen and oxygen atoms in total. The Balaban J connectivity index is 1.79. The molecule has 3 aromatic rings. The van der Waals surface area contributed by atoms with E-state index in [1.165, 1.54) is 25.6 Å². The number of carbonyl (C=O) groups excluding carboxylic acids is 1. The normalized spacial score (nSPS) is 10.5. The summed E-state index contributed by atoms with van der Waals surface area (Å²) in [4.78, 5) is 13.1. The molecule has 1 amide bonds. The van der Waals surface area contributed by atoms with E-state index in [1.54, 1.807) is 18.2 Å². The van der Waals surface area contributed by atoms with Gasteiger partial charge in [-0.2, -0.15) is 0 Å². The predicted octanol–water partition coefficient (Wildman–Crippen LogP) is 3.83. The van der Waals surface area contributed by atoms with Gasteiger partial charge in [0.1, 0.15) is 11.5 Å². The van der Waals surface area contributed by atoms with Gasteiger partial charge in [-0.15, -0.1) is 16.4 Å². The Morgan fingerprint density at radius 1 is 1.17 bits per heavy atom. The van der Waals surface area contributed by atoms with Gasteiger partial charge < -0.3 is 13.9 Å². The Labute approximate surface area is 149 Å². The molecule has 0 spiro atoms. The van der Waals surface area contributed by atoms with Gasteiger partial charge in [0, 0.05) is 11.6 Å². The first-order valence-corrected chi connectivity index (χ1v) is 8.33. The lowest BCUT2D eigenvalue weighted by Gasteiger charge is -2.07. The van der Waals surface area contributed by atoms with Crippen LogP contribution in [0.5, 0.6) is 11.5 Å². The van der Waals surface area contributed by atoms with Crippen LogP contribution in [0.25, 0.3) is 10.8 Å². The third-order valence-corrected chi connectivity index (χ3v) is 4.65. The molecule has 0 saturated carbocycles. The molecule has 0 bridgehead atoms. The number of halogens is 1. The fourth-order valence-electron chi connectivity index (χ4n) is 1.91. The zero-order valence-electron chi connectivity index (χ0n) is 12.7. The summed E-state index contributed by atoms with van der Waals surface area (Å²) in [6, 6.07) is 8.60. The first-order chi connectivity index (χ1) is 11.6. The molecule has 0 saturated heterocycles. The summed E-state index contributed by atoms with van der Waals surface area (Å²) in [5.41, 5.74) is 0.352. The van der Waals surface area contributed by atoms with Crippen molar-refractivity contribution in [3.8, 4) is 22.3 Å². The minimum absolute atomic E-state index is 0.0151. The lowest BCUT2D eigenvalue weighted by Crippen LogP contribution is -2.12. The zero-order chi connectivity index (χ0) is 17.1. The van der Waals surface area contributed by atoms with Crippen LogP contribution < -0.4 is 14.8 Å². The van der Waals surface area contributed by atoms with Crippen molar-refractivity contribution in [1.29, 1.82) is 0 Å². The number of hydrogen-bond acceptors (Lipinski definition) is 7. The van der Waals surface area contributed by atoms with Gasteiger partial charge in [0.2, 0.25) is 0 Å². The molecule has 0 aliphatic rings. The number of carbonyl (C=O) groups is 1. The largest absolute Gasteiger partial charge is 0.497 e. The highest BCUT2D eigenvalue weighted by atomic mass is 79.9. The summed E-state index contributed by atoms with van der Waals surface area (Å²) in [6.07, 6.45) is 0. The Morgan fingerprint density at radius 3 is 2.46 bits per heavy atom. The van der Waals surface area contributed by atoms with Gasteiger partial charge in [-0.3, -0.25) is 10.1 Å². The highest BCUT2D eigenvalue weighted by Gasteiger charge is 2.15. The lowest BCUT2D eigenvalue weighted by atomic mass is 10.2. The summed E-state index contributed by atoms with van der Waals surface area (Å²) < 4.78 is 16.7. The van der Waals surface area contributed by atoms with E-state index in [2.05, 4.69) is 31.4 Å². The second kappa shape index (κ2) is 7.02. The Morgan fingerprint density at radius 2 is 1.88 bits per heavy atom. The van der Waals surface area contributed by atoms with E-state index in [0.29, 0.717) is 23.0 Å². The van der Waals surface area contributed by atoms with Crippen LogP contribution in [0.1, 0.15) is 10.4 Å². The molecule has 0 radical (unpaired) electrons. The van der Waals surface area contributed by atoms with Crippen LogP contribution in [-0.2, 0) is 0 Å². The molecule has 0 atom stereocenters. The van der Waals surface area contributed by atoms with Gasteiger partial charge in [-0.05, 0) is 40.2 Å². The van der Waals surface area contributed by atoms with Crippen molar-refractivity contribution in [3.05, 3.63) is 39.7 Å². The van der Waals surface area contributed by atoms with Gasteiger partial charge in [-0.25, -0.2) is 0 Å². The number of rotatable bonds is 5. The third-order valence-electron chi connectivity index (χ3n) is 3.04. The van der Waals surface area contributed by atoms with Crippen molar-refractivity contribution < 1.29 is 18.7 Å². The molecule has 24 heavy (non-hydrogen) atoms. The topological polar surface area (TPSA) is 86.5 Å². The molecule has 1 N–H and O–H groups in total. The Hall–Kier alpha value is -2.39. The number of ether oxygens (including phenoxy) is 2. The van der Waals surface area contributed by atoms with Crippen LogP contribution in [-0.4, -0.2) is 30.3 Å². The van der Waals surface area contributed by atoms with Crippen molar-refractivity contribution in [2.75, 3.05) is 19.5 Å². The highest BCUT2D eigenvalue weighted by molar-refractivity contribution is 9.11. The molecule has 0 unspecified atom stereocenters. The van der Waals surface area contributed by atoms with E-state index >= 15 is 0 Å². The van der Waals surface area contributed by atoms with Crippen LogP contribution in [0.15, 0.2) is 38.5 Å². The van der Waals surface area contributed by atoms with Gasteiger partial charge in [-0.1, -0.05) is 5.10 Å². The standard InChI is InChI=1S/C15H12BrN3O4S/c1-21-9-5-8(6-10(7-9)22-2)13(20)17-15-19-18-14(23-15)11-3-4-12(16)24-11/h3-7H,1-2H3,(H,17,19,20). The molecule has 2 aromatic heterocycles. The number of amides is 1. The molecule has 2 heterocycles. The van der Waals surface area contributed by atoms with E-state index in [4.69, 9.17) is 13.9 Å². The Kier molecular flexibility index (Phi) is 4.81. The quantitative estimate of drug-likeness (QED) is 0.688. The van der Waals surface area contributed by atoms with Crippen molar-refractivity contribution >= 4 is 39.2 Å². The number of methoxy groups -OCH3 is 2. The number of aromatic nitrogens is 2. The minimum atomic E-state index is -0.408. The number of nitrogens with one attached hydrogen (secondary N) is 1. The van der Waals surface area contributed by atoms with Crippen molar-refractivity contribution in [2.24, 2.45) is 0 Å². The second-order valence-corrected chi connectivity index (χ2v) is 7.03. The summed E-state index contributed by atoms with van der Waals surface area (Å²) in [5.74, 6) is 0.947. The monoisotopic (exact) mass is 409 g/mol. The average molecular weight is 410 g/mol. The highest BCUT2D eigenvalue weighted by Crippen LogP contribution is 2.31. The van der Waals surface area contributed by atoms with Crippen LogP contribution >= 0.6 is 27.3 Å². The SMILES string of the molecule is COc1cc(OC)cc(C(=O)Nc2nnc(-c3ccc(Br)s3)o2)c1. The maximum atomic E-state index is 12.3. The lowest BCUT2D eigenvalue weighted by molar-refractivity contribution is 0.102. The molecular weight excluding hydrogens is 398 g/mol. The number of benzene rings is 1. The molecule has 0 aliphatic carbocycles. The van der Waals surface area contributed by atoms with E-state index < -0.39 is 5.91 Å². The van der Waals surface area contributed by atoms with Crippen molar-refractivity contribution in [2.45, 2.75) is 0 Å². The van der Waals surface area contributed by atoms with Crippen LogP contribution in [0.2, 0.25) is 0 Å². The molecule has 9 heteroatoms. The van der Waals surface area contributed by atoms with Gasteiger partial charge >= 0.3 is 6.01 Å². The summed E-state index contributed by atoms with van der Waals surface area (Å²) in [7, 11) is 3.03. The molecule has 0 fully saturated rings. The van der Waals surface area contributed by atoms with E-state index in [9.17, 15) is 4.79 Å². The maximum absolute atomic E-state index is 12.3. The molecular formula is C15H12BrN3O4S. The Bertz CT molecular complexity index is 855. The first-order valence-electron chi connectivity index (χ1n) is 6.72. The zero-order valence-corrected chi connectivity index (χ0v) is 15.1. The average Bonchev–Trinajstić information content (AvgIpc) is 3.23. The minimum Gasteiger partial charge on any atom is -0.497 e. The van der Waals surface area contributed by atoms with Gasteiger partial charge in [0.25, 0.3) is 11.8 Å². The van der Waals surface area contributed by atoms with Crippen molar-refractivity contribution in [1.82, 2.24) is 10.2 Å². The number of anilines is 1. The molecule has 1 aromatic carbocycles. The molecule has 124 valence electrons. The summed E-state index contributed by atoms with van der Waals surface area (Å²) in [5, 5.41) is 10.3.